The Morgan fingerprint density at radius 2 is 2.25 bits per heavy atom. The molecule has 1 N–H and O–H groups in total. The van der Waals surface area contributed by atoms with E-state index in [0.717, 1.165) is 5.16 Å². The minimum atomic E-state index is -0.409. The quantitative estimate of drug-likeness (QED) is 0.434. The Morgan fingerprint density at radius 3 is 3.04 bits per heavy atom. The second-order valence-corrected chi connectivity index (χ2v) is 6.73. The van der Waals surface area contributed by atoms with Crippen LogP contribution < -0.4 is 10.1 Å². The average Bonchev–Trinajstić information content (AvgIpc) is 3.33. The maximum absolute atomic E-state index is 12.5. The highest BCUT2D eigenvalue weighted by Gasteiger charge is 2.15. The Kier molecular flexibility index (Phi) is 6.70. The molecule has 0 unspecified atom stereocenters. The van der Waals surface area contributed by atoms with Crippen molar-refractivity contribution in [1.29, 1.82) is 5.26 Å². The summed E-state index contributed by atoms with van der Waals surface area (Å²) in [5.41, 5.74) is 0. The Morgan fingerprint density at radius 1 is 1.36 bits per heavy atom. The number of nitrogens with zero attached hydrogens (tertiary/aromatic N) is 4. The third kappa shape index (κ3) is 5.14. The fourth-order valence-corrected chi connectivity index (χ4v) is 3.13. The first-order chi connectivity index (χ1) is 13.7. The van der Waals surface area contributed by atoms with Gasteiger partial charge >= 0.3 is 0 Å². The second kappa shape index (κ2) is 9.62. The van der Waals surface area contributed by atoms with Gasteiger partial charge in [0.2, 0.25) is 0 Å². The number of furan rings is 1. The van der Waals surface area contributed by atoms with Crippen LogP contribution in [-0.4, -0.2) is 27.0 Å². The molecule has 0 aliphatic heterocycles. The van der Waals surface area contributed by atoms with Crippen molar-refractivity contribution in [3.63, 3.8) is 0 Å². The molecule has 9 heteroatoms. The van der Waals surface area contributed by atoms with Gasteiger partial charge in [0.1, 0.15) is 5.76 Å². The van der Waals surface area contributed by atoms with Crippen molar-refractivity contribution in [3.8, 4) is 11.8 Å². The van der Waals surface area contributed by atoms with E-state index in [-0.39, 0.29) is 5.76 Å². The summed E-state index contributed by atoms with van der Waals surface area (Å²) in [4.78, 5) is 20.9. The normalized spacial score (nSPS) is 10.4. The number of aromatic nitrogens is 3. The highest BCUT2D eigenvalue weighted by atomic mass is 32.2. The molecular formula is C19H19N5O3S. The van der Waals surface area contributed by atoms with Gasteiger partial charge in [0.15, 0.2) is 22.5 Å². The van der Waals surface area contributed by atoms with Crippen LogP contribution >= 0.6 is 11.8 Å². The lowest BCUT2D eigenvalue weighted by atomic mass is 10.3. The number of hydrogen-bond donors (Lipinski definition) is 1. The molecule has 0 bridgehead atoms. The van der Waals surface area contributed by atoms with E-state index < -0.39 is 5.91 Å². The van der Waals surface area contributed by atoms with Gasteiger partial charge in [-0.05, 0) is 30.7 Å². The highest BCUT2D eigenvalue weighted by molar-refractivity contribution is 7.98. The monoisotopic (exact) mass is 397 g/mol. The minimum Gasteiger partial charge on any atom is -0.490 e. The number of nitrogens with one attached hydrogen (secondary N) is 1. The number of hydrogen-bond acceptors (Lipinski definition) is 7. The van der Waals surface area contributed by atoms with E-state index in [0.29, 0.717) is 42.5 Å². The Bertz CT molecular complexity index is 976. The Hall–Kier alpha value is -3.25. The SMILES string of the molecule is Cn1ccnc1SCc1ccc(C(=O)Nc2ncccc2OCCCC#N)o1. The molecule has 3 rings (SSSR count). The van der Waals surface area contributed by atoms with Crippen LogP contribution in [0, 0.1) is 11.3 Å². The maximum atomic E-state index is 12.5. The standard InChI is InChI=1S/C19H19N5O3S/c1-24-11-10-22-19(24)28-13-14-6-7-16(27-14)18(25)23-17-15(5-4-9-21-17)26-12-3-2-8-20/h4-7,9-11H,2-3,12-13H2,1H3,(H,21,23,25). The minimum absolute atomic E-state index is 0.191. The number of carbonyl (C=O) groups is 1. The fourth-order valence-electron chi connectivity index (χ4n) is 2.31. The molecule has 0 saturated carbocycles. The first kappa shape index (κ1) is 19.5. The molecule has 8 nitrogen and oxygen atoms in total. The fraction of sp³-hybridized carbons (Fsp3) is 0.263. The number of rotatable bonds is 9. The number of amides is 1. The number of aryl methyl sites for hydroxylation is 1. The number of unbranched alkanes of at least 4 members (excludes halogenated alkanes) is 1. The number of thioether (sulfide) groups is 1. The first-order valence-electron chi connectivity index (χ1n) is 8.62. The smallest absolute Gasteiger partial charge is 0.292 e. The summed E-state index contributed by atoms with van der Waals surface area (Å²) in [5, 5.41) is 12.2. The molecule has 3 aromatic rings. The van der Waals surface area contributed by atoms with Gasteiger partial charge in [-0.3, -0.25) is 4.79 Å². The summed E-state index contributed by atoms with van der Waals surface area (Å²) in [7, 11) is 1.92. The molecule has 0 aliphatic carbocycles. The first-order valence-corrected chi connectivity index (χ1v) is 9.61. The summed E-state index contributed by atoms with van der Waals surface area (Å²) in [6.07, 6.45) is 6.18. The van der Waals surface area contributed by atoms with Gasteiger partial charge in [-0.1, -0.05) is 11.8 Å². The van der Waals surface area contributed by atoms with E-state index in [4.69, 9.17) is 14.4 Å². The number of ether oxygens (including phenoxy) is 1. The van der Waals surface area contributed by atoms with E-state index >= 15 is 0 Å². The lowest BCUT2D eigenvalue weighted by Crippen LogP contribution is -2.13. The molecule has 3 heterocycles. The zero-order valence-corrected chi connectivity index (χ0v) is 16.1. The van der Waals surface area contributed by atoms with Crippen LogP contribution in [0.25, 0.3) is 0 Å². The van der Waals surface area contributed by atoms with Crippen molar-refractivity contribution in [1.82, 2.24) is 14.5 Å². The van der Waals surface area contributed by atoms with Crippen molar-refractivity contribution in [2.75, 3.05) is 11.9 Å². The average molecular weight is 397 g/mol. The number of nitriles is 1. The van der Waals surface area contributed by atoms with Crippen LogP contribution in [0.5, 0.6) is 5.75 Å². The van der Waals surface area contributed by atoms with E-state index in [2.05, 4.69) is 21.4 Å². The molecule has 0 radical (unpaired) electrons. The third-order valence-corrected chi connectivity index (χ3v) is 4.78. The largest absolute Gasteiger partial charge is 0.490 e. The number of carbonyl (C=O) groups excluding carboxylic acids is 1. The zero-order chi connectivity index (χ0) is 19.8. The lowest BCUT2D eigenvalue weighted by molar-refractivity contribution is 0.0994. The predicted molar refractivity (Wildman–Crippen MR) is 104 cm³/mol. The van der Waals surface area contributed by atoms with Crippen LogP contribution in [-0.2, 0) is 12.8 Å². The van der Waals surface area contributed by atoms with Crippen LogP contribution in [0.1, 0.15) is 29.2 Å². The van der Waals surface area contributed by atoms with Gasteiger partial charge in [0.05, 0.1) is 18.4 Å². The van der Waals surface area contributed by atoms with Crippen LogP contribution in [0.4, 0.5) is 5.82 Å². The molecular weight excluding hydrogens is 378 g/mol. The Balaban J connectivity index is 1.59. The molecule has 1 amide bonds. The van der Waals surface area contributed by atoms with Gasteiger partial charge in [-0.15, -0.1) is 0 Å². The van der Waals surface area contributed by atoms with Gasteiger partial charge in [0.25, 0.3) is 5.91 Å². The van der Waals surface area contributed by atoms with Gasteiger partial charge < -0.3 is 19.0 Å². The van der Waals surface area contributed by atoms with Gasteiger partial charge in [-0.25, -0.2) is 9.97 Å². The molecule has 0 spiro atoms. The summed E-state index contributed by atoms with van der Waals surface area (Å²) in [6, 6.07) is 8.89. The predicted octanol–water partition coefficient (Wildman–Crippen LogP) is 3.64. The van der Waals surface area contributed by atoms with Crippen molar-refractivity contribution in [2.24, 2.45) is 7.05 Å². The van der Waals surface area contributed by atoms with Crippen LogP contribution in [0.2, 0.25) is 0 Å². The van der Waals surface area contributed by atoms with E-state index in [1.54, 1.807) is 36.7 Å². The van der Waals surface area contributed by atoms with E-state index in [1.165, 1.54) is 11.8 Å². The molecule has 0 aliphatic rings. The van der Waals surface area contributed by atoms with Crippen molar-refractivity contribution >= 4 is 23.5 Å². The number of imidazole rings is 1. The van der Waals surface area contributed by atoms with E-state index in [1.807, 2.05) is 17.8 Å². The molecule has 0 saturated heterocycles. The topological polar surface area (TPSA) is 106 Å². The Labute approximate surface area is 166 Å². The number of anilines is 1. The molecule has 0 fully saturated rings. The van der Waals surface area contributed by atoms with Gasteiger partial charge in [0, 0.05) is 32.1 Å². The van der Waals surface area contributed by atoms with Gasteiger partial charge in [-0.2, -0.15) is 5.26 Å². The highest BCUT2D eigenvalue weighted by Crippen LogP contribution is 2.24. The van der Waals surface area contributed by atoms with Crippen molar-refractivity contribution in [2.45, 2.75) is 23.8 Å². The molecule has 3 aromatic heterocycles. The van der Waals surface area contributed by atoms with Crippen molar-refractivity contribution < 1.29 is 13.9 Å². The molecule has 28 heavy (non-hydrogen) atoms. The molecule has 0 aromatic carbocycles. The zero-order valence-electron chi connectivity index (χ0n) is 15.3. The summed E-state index contributed by atoms with van der Waals surface area (Å²) in [6.45, 7) is 0.372. The number of pyridine rings is 1. The molecule has 144 valence electrons. The lowest BCUT2D eigenvalue weighted by Gasteiger charge is -2.10. The third-order valence-electron chi connectivity index (χ3n) is 3.70. The van der Waals surface area contributed by atoms with Crippen LogP contribution in [0.15, 0.2) is 52.4 Å². The second-order valence-electron chi connectivity index (χ2n) is 5.79. The van der Waals surface area contributed by atoms with Crippen molar-refractivity contribution in [3.05, 3.63) is 54.4 Å². The molecule has 0 atom stereocenters. The summed E-state index contributed by atoms with van der Waals surface area (Å²) >= 11 is 1.52. The van der Waals surface area contributed by atoms with E-state index in [9.17, 15) is 4.79 Å². The maximum Gasteiger partial charge on any atom is 0.292 e. The summed E-state index contributed by atoms with van der Waals surface area (Å²) in [5.74, 6) is 1.78. The summed E-state index contributed by atoms with van der Waals surface area (Å²) < 4.78 is 13.2. The van der Waals surface area contributed by atoms with Crippen LogP contribution in [0.3, 0.4) is 0 Å².